The van der Waals surface area contributed by atoms with Gasteiger partial charge < -0.3 is 19.4 Å². The largest absolute Gasteiger partial charge is 0.493 e. The molecule has 1 heterocycles. The number of nitrogens with one attached hydrogen (secondary N) is 1. The fourth-order valence-corrected chi connectivity index (χ4v) is 4.05. The van der Waals surface area contributed by atoms with E-state index in [-0.39, 0.29) is 11.9 Å². The summed E-state index contributed by atoms with van der Waals surface area (Å²) >= 11 is 0. The molecule has 0 aliphatic carbocycles. The second-order valence-electron chi connectivity index (χ2n) is 8.24. The molecule has 0 fully saturated rings. The molecule has 0 bridgehead atoms. The van der Waals surface area contributed by atoms with Gasteiger partial charge in [0.15, 0.2) is 11.5 Å². The zero-order chi connectivity index (χ0) is 23.5. The minimum Gasteiger partial charge on any atom is -0.493 e. The van der Waals surface area contributed by atoms with E-state index < -0.39 is 0 Å². The van der Waals surface area contributed by atoms with Crippen molar-refractivity contribution in [3.63, 3.8) is 0 Å². The first-order chi connectivity index (χ1) is 15.9. The number of hydrogen-bond donors (Lipinski definition) is 1. The lowest BCUT2D eigenvalue weighted by molar-refractivity contribution is 0.0937. The predicted molar refractivity (Wildman–Crippen MR) is 130 cm³/mol. The van der Waals surface area contributed by atoms with Crippen LogP contribution >= 0.6 is 0 Å². The van der Waals surface area contributed by atoms with Gasteiger partial charge in [0.25, 0.3) is 5.91 Å². The van der Waals surface area contributed by atoms with E-state index in [0.29, 0.717) is 23.6 Å². The van der Waals surface area contributed by atoms with Gasteiger partial charge in [-0.3, -0.25) is 4.79 Å². The number of amides is 1. The van der Waals surface area contributed by atoms with Crippen molar-refractivity contribution >= 4 is 16.9 Å². The lowest BCUT2D eigenvalue weighted by atomic mass is 10.1. The number of carbonyl (C=O) groups is 1. The number of aromatic nitrogens is 2. The first-order valence-corrected chi connectivity index (χ1v) is 11.0. The lowest BCUT2D eigenvalue weighted by Gasteiger charge is -2.18. The number of hydrogen-bond acceptors (Lipinski definition) is 4. The number of carbonyl (C=O) groups excluding carboxylic acids is 1. The quantitative estimate of drug-likeness (QED) is 0.426. The van der Waals surface area contributed by atoms with Crippen LogP contribution in [-0.2, 0) is 6.54 Å². The standard InChI is InChI=1S/C27H29N3O3/c1-17-10-11-18(2)21(14-17)16-30-23-9-7-6-8-22(23)29-26(30)19(3)28-27(31)20-12-13-24(32-4)25(15-20)33-5/h6-15,19H,16H2,1-5H3,(H,28,31). The topological polar surface area (TPSA) is 65.4 Å². The maximum absolute atomic E-state index is 13.0. The molecular formula is C27H29N3O3. The average Bonchev–Trinajstić information content (AvgIpc) is 3.19. The summed E-state index contributed by atoms with van der Waals surface area (Å²) in [7, 11) is 3.12. The highest BCUT2D eigenvalue weighted by molar-refractivity contribution is 5.95. The van der Waals surface area contributed by atoms with Crippen LogP contribution in [0, 0.1) is 13.8 Å². The van der Waals surface area contributed by atoms with E-state index in [0.717, 1.165) is 16.9 Å². The number of para-hydroxylation sites is 2. The van der Waals surface area contributed by atoms with Gasteiger partial charge in [-0.05, 0) is 62.2 Å². The third kappa shape index (κ3) is 4.55. The Morgan fingerprint density at radius 2 is 1.76 bits per heavy atom. The summed E-state index contributed by atoms with van der Waals surface area (Å²) < 4.78 is 12.8. The van der Waals surface area contributed by atoms with Crippen molar-refractivity contribution in [1.29, 1.82) is 0 Å². The summed E-state index contributed by atoms with van der Waals surface area (Å²) in [6.07, 6.45) is 0. The first-order valence-electron chi connectivity index (χ1n) is 11.0. The predicted octanol–water partition coefficient (Wildman–Crippen LogP) is 5.21. The highest BCUT2D eigenvalue weighted by atomic mass is 16.5. The number of nitrogens with zero attached hydrogens (tertiary/aromatic N) is 2. The van der Waals surface area contributed by atoms with E-state index in [1.54, 1.807) is 32.4 Å². The average molecular weight is 444 g/mol. The second-order valence-corrected chi connectivity index (χ2v) is 8.24. The van der Waals surface area contributed by atoms with Crippen LogP contribution in [-0.4, -0.2) is 29.7 Å². The van der Waals surface area contributed by atoms with E-state index >= 15 is 0 Å². The van der Waals surface area contributed by atoms with E-state index in [1.807, 2.05) is 25.1 Å². The van der Waals surface area contributed by atoms with E-state index in [2.05, 4.69) is 48.0 Å². The van der Waals surface area contributed by atoms with Gasteiger partial charge in [0, 0.05) is 12.1 Å². The minimum absolute atomic E-state index is 0.200. The normalized spacial score (nSPS) is 11.9. The Labute approximate surface area is 194 Å². The Morgan fingerprint density at radius 1 is 1.00 bits per heavy atom. The second kappa shape index (κ2) is 9.36. The van der Waals surface area contributed by atoms with Crippen LogP contribution in [0.1, 0.15) is 45.8 Å². The number of fused-ring (bicyclic) bond motifs is 1. The molecule has 0 aliphatic heterocycles. The molecule has 1 atom stereocenters. The summed E-state index contributed by atoms with van der Waals surface area (Å²) in [4.78, 5) is 17.9. The molecule has 1 N–H and O–H groups in total. The molecule has 1 unspecified atom stereocenters. The van der Waals surface area contributed by atoms with Gasteiger partial charge in [-0.15, -0.1) is 0 Å². The van der Waals surface area contributed by atoms with Crippen LogP contribution < -0.4 is 14.8 Å². The Bertz CT molecular complexity index is 1310. The Balaban J connectivity index is 1.67. The summed E-state index contributed by atoms with van der Waals surface area (Å²) in [5.74, 6) is 1.71. The fourth-order valence-electron chi connectivity index (χ4n) is 4.05. The molecule has 6 nitrogen and oxygen atoms in total. The van der Waals surface area contributed by atoms with Gasteiger partial charge in [0.1, 0.15) is 5.82 Å². The number of imidazole rings is 1. The van der Waals surface area contributed by atoms with Crippen LogP contribution in [0.25, 0.3) is 11.0 Å². The number of aryl methyl sites for hydroxylation is 2. The number of benzene rings is 3. The van der Waals surface area contributed by atoms with Crippen LogP contribution in [0.15, 0.2) is 60.7 Å². The molecule has 0 saturated carbocycles. The van der Waals surface area contributed by atoms with Crippen molar-refractivity contribution in [1.82, 2.24) is 14.9 Å². The van der Waals surface area contributed by atoms with Gasteiger partial charge >= 0.3 is 0 Å². The van der Waals surface area contributed by atoms with Gasteiger partial charge in [-0.1, -0.05) is 35.9 Å². The van der Waals surface area contributed by atoms with Crippen molar-refractivity contribution in [3.8, 4) is 11.5 Å². The molecule has 3 aromatic carbocycles. The van der Waals surface area contributed by atoms with Gasteiger partial charge in [0.05, 0.1) is 31.3 Å². The van der Waals surface area contributed by atoms with E-state index in [1.165, 1.54) is 16.7 Å². The molecule has 0 saturated heterocycles. The van der Waals surface area contributed by atoms with E-state index in [9.17, 15) is 4.79 Å². The molecule has 4 aromatic rings. The maximum Gasteiger partial charge on any atom is 0.251 e. The van der Waals surface area contributed by atoms with Gasteiger partial charge in [-0.2, -0.15) is 0 Å². The van der Waals surface area contributed by atoms with Crippen LogP contribution in [0.5, 0.6) is 11.5 Å². The smallest absolute Gasteiger partial charge is 0.251 e. The summed E-state index contributed by atoms with van der Waals surface area (Å²) in [5, 5.41) is 3.10. The molecule has 33 heavy (non-hydrogen) atoms. The SMILES string of the molecule is COc1ccc(C(=O)NC(C)c2nc3ccccc3n2Cc2cc(C)ccc2C)cc1OC. The van der Waals surface area contributed by atoms with Crippen LogP contribution in [0.3, 0.4) is 0 Å². The molecule has 0 aliphatic rings. The van der Waals surface area contributed by atoms with Crippen molar-refractivity contribution in [3.05, 3.63) is 88.7 Å². The molecule has 1 amide bonds. The summed E-state index contributed by atoms with van der Waals surface area (Å²) in [5.41, 5.74) is 6.13. The Kier molecular flexibility index (Phi) is 6.36. The highest BCUT2D eigenvalue weighted by Gasteiger charge is 2.20. The van der Waals surface area contributed by atoms with Crippen molar-refractivity contribution < 1.29 is 14.3 Å². The number of methoxy groups -OCH3 is 2. The summed E-state index contributed by atoms with van der Waals surface area (Å²) in [6, 6.07) is 19.4. The number of rotatable bonds is 7. The highest BCUT2D eigenvalue weighted by Crippen LogP contribution is 2.28. The molecule has 4 rings (SSSR count). The third-order valence-corrected chi connectivity index (χ3v) is 5.90. The molecule has 0 radical (unpaired) electrons. The fraction of sp³-hybridized carbons (Fsp3) is 0.259. The van der Waals surface area contributed by atoms with Crippen LogP contribution in [0.2, 0.25) is 0 Å². The Morgan fingerprint density at radius 3 is 2.52 bits per heavy atom. The minimum atomic E-state index is -0.303. The zero-order valence-electron chi connectivity index (χ0n) is 19.7. The molecule has 0 spiro atoms. The van der Waals surface area contributed by atoms with E-state index in [4.69, 9.17) is 14.5 Å². The van der Waals surface area contributed by atoms with Crippen molar-refractivity contribution in [2.75, 3.05) is 14.2 Å². The molecule has 6 heteroatoms. The van der Waals surface area contributed by atoms with Crippen molar-refractivity contribution in [2.45, 2.75) is 33.4 Å². The Hall–Kier alpha value is -3.80. The van der Waals surface area contributed by atoms with Gasteiger partial charge in [0.2, 0.25) is 0 Å². The lowest BCUT2D eigenvalue weighted by Crippen LogP contribution is -2.29. The maximum atomic E-state index is 13.0. The zero-order valence-corrected chi connectivity index (χ0v) is 19.7. The molecular weight excluding hydrogens is 414 g/mol. The monoisotopic (exact) mass is 443 g/mol. The molecule has 170 valence electrons. The molecule has 1 aromatic heterocycles. The summed E-state index contributed by atoms with van der Waals surface area (Å²) in [6.45, 7) is 6.86. The number of ether oxygens (including phenoxy) is 2. The van der Waals surface area contributed by atoms with Gasteiger partial charge in [-0.25, -0.2) is 4.98 Å². The first kappa shape index (κ1) is 22.4. The van der Waals surface area contributed by atoms with Crippen LogP contribution in [0.4, 0.5) is 0 Å². The third-order valence-electron chi connectivity index (χ3n) is 5.90. The van der Waals surface area contributed by atoms with Crippen molar-refractivity contribution in [2.24, 2.45) is 0 Å².